The van der Waals surface area contributed by atoms with Crippen LogP contribution in [-0.4, -0.2) is 19.1 Å². The minimum atomic E-state index is -0.214. The molecule has 2 rings (SSSR count). The number of carbonyl (C=O) groups is 1. The van der Waals surface area contributed by atoms with Crippen molar-refractivity contribution in [3.63, 3.8) is 0 Å². The van der Waals surface area contributed by atoms with E-state index in [1.54, 1.807) is 0 Å². The highest BCUT2D eigenvalue weighted by atomic mass is 16.5. The summed E-state index contributed by atoms with van der Waals surface area (Å²) in [6.07, 6.45) is 0. The van der Waals surface area contributed by atoms with Crippen LogP contribution in [0.4, 0.5) is 5.69 Å². The van der Waals surface area contributed by atoms with Gasteiger partial charge in [0.1, 0.15) is 11.5 Å². The van der Waals surface area contributed by atoms with Gasteiger partial charge < -0.3 is 14.8 Å². The number of benzene rings is 2. The zero-order chi connectivity index (χ0) is 16.7. The molecule has 0 heterocycles. The normalized spacial score (nSPS) is 10.4. The number of hydrogen-bond acceptors (Lipinski definition) is 3. The number of anilines is 1. The summed E-state index contributed by atoms with van der Waals surface area (Å²) in [6, 6.07) is 15.0. The molecular weight excluding hydrogens is 290 g/mol. The molecular formula is C19H23NO3. The van der Waals surface area contributed by atoms with E-state index in [9.17, 15) is 4.79 Å². The number of amides is 1. The summed E-state index contributed by atoms with van der Waals surface area (Å²) in [5, 5.41) is 2.84. The van der Waals surface area contributed by atoms with Crippen LogP contribution >= 0.6 is 0 Å². The summed E-state index contributed by atoms with van der Waals surface area (Å²) >= 11 is 0. The second-order valence-electron chi connectivity index (χ2n) is 5.80. The SMILES string of the molecule is Cc1ccccc1OCC(=O)Nc1ccccc1OCC(C)C. The molecule has 0 fully saturated rings. The molecule has 1 amide bonds. The molecule has 0 saturated carbocycles. The van der Waals surface area contributed by atoms with Crippen molar-refractivity contribution in [2.45, 2.75) is 20.8 Å². The summed E-state index contributed by atoms with van der Waals surface area (Å²) in [6.45, 7) is 6.67. The molecule has 0 aromatic heterocycles. The Morgan fingerprint density at radius 1 is 1.00 bits per heavy atom. The number of aryl methyl sites for hydroxylation is 1. The number of rotatable bonds is 7. The van der Waals surface area contributed by atoms with Crippen LogP contribution in [0.3, 0.4) is 0 Å². The molecule has 4 heteroatoms. The predicted octanol–water partition coefficient (Wildman–Crippen LogP) is 4.05. The Bertz CT molecular complexity index is 653. The number of nitrogens with one attached hydrogen (secondary N) is 1. The first kappa shape index (κ1) is 16.9. The van der Waals surface area contributed by atoms with Crippen molar-refractivity contribution < 1.29 is 14.3 Å². The van der Waals surface area contributed by atoms with Gasteiger partial charge in [0.2, 0.25) is 0 Å². The average Bonchev–Trinajstić information content (AvgIpc) is 2.53. The van der Waals surface area contributed by atoms with Crippen LogP contribution in [0.15, 0.2) is 48.5 Å². The first-order chi connectivity index (χ1) is 11.1. The lowest BCUT2D eigenvalue weighted by Gasteiger charge is -2.14. The Morgan fingerprint density at radius 3 is 2.35 bits per heavy atom. The lowest BCUT2D eigenvalue weighted by atomic mass is 10.2. The van der Waals surface area contributed by atoms with E-state index in [-0.39, 0.29) is 12.5 Å². The predicted molar refractivity (Wildman–Crippen MR) is 92.1 cm³/mol. The van der Waals surface area contributed by atoms with Crippen LogP contribution in [0.2, 0.25) is 0 Å². The number of para-hydroxylation sites is 3. The van der Waals surface area contributed by atoms with Gasteiger partial charge in [-0.25, -0.2) is 0 Å². The number of carbonyl (C=O) groups excluding carboxylic acids is 1. The molecule has 23 heavy (non-hydrogen) atoms. The van der Waals surface area contributed by atoms with Crippen LogP contribution in [0.5, 0.6) is 11.5 Å². The van der Waals surface area contributed by atoms with E-state index in [1.165, 1.54) is 0 Å². The molecule has 0 aliphatic heterocycles. The van der Waals surface area contributed by atoms with Gasteiger partial charge in [-0.05, 0) is 36.6 Å². The minimum Gasteiger partial charge on any atom is -0.491 e. The van der Waals surface area contributed by atoms with Gasteiger partial charge in [-0.2, -0.15) is 0 Å². The molecule has 0 saturated heterocycles. The maximum Gasteiger partial charge on any atom is 0.262 e. The molecule has 2 aromatic carbocycles. The highest BCUT2D eigenvalue weighted by molar-refractivity contribution is 5.93. The van der Waals surface area contributed by atoms with Crippen LogP contribution in [-0.2, 0) is 4.79 Å². The molecule has 2 aromatic rings. The maximum absolute atomic E-state index is 12.1. The topological polar surface area (TPSA) is 47.6 Å². The van der Waals surface area contributed by atoms with Crippen LogP contribution < -0.4 is 14.8 Å². The summed E-state index contributed by atoms with van der Waals surface area (Å²) in [7, 11) is 0. The third-order valence-corrected chi connectivity index (χ3v) is 3.19. The Labute approximate surface area is 137 Å². The third kappa shape index (κ3) is 5.33. The molecule has 1 N–H and O–H groups in total. The van der Waals surface area contributed by atoms with Gasteiger partial charge in [-0.1, -0.05) is 44.2 Å². The maximum atomic E-state index is 12.1. The molecule has 0 unspecified atom stereocenters. The zero-order valence-corrected chi connectivity index (χ0v) is 13.8. The Morgan fingerprint density at radius 2 is 1.65 bits per heavy atom. The van der Waals surface area contributed by atoms with Crippen LogP contribution in [0.1, 0.15) is 19.4 Å². The van der Waals surface area contributed by atoms with Gasteiger partial charge in [0.25, 0.3) is 5.91 Å². The van der Waals surface area contributed by atoms with E-state index in [1.807, 2.05) is 55.5 Å². The van der Waals surface area contributed by atoms with Crippen molar-refractivity contribution >= 4 is 11.6 Å². The van der Waals surface area contributed by atoms with Crippen molar-refractivity contribution in [3.05, 3.63) is 54.1 Å². The molecule has 0 spiro atoms. The summed E-state index contributed by atoms with van der Waals surface area (Å²) < 4.78 is 11.3. The Balaban J connectivity index is 1.94. The number of hydrogen-bond donors (Lipinski definition) is 1. The van der Waals surface area contributed by atoms with E-state index in [2.05, 4.69) is 19.2 Å². The summed E-state index contributed by atoms with van der Waals surface area (Å²) in [5.41, 5.74) is 1.66. The Hall–Kier alpha value is -2.49. The van der Waals surface area contributed by atoms with E-state index < -0.39 is 0 Å². The number of ether oxygens (including phenoxy) is 2. The van der Waals surface area contributed by atoms with Crippen molar-refractivity contribution in [3.8, 4) is 11.5 Å². The van der Waals surface area contributed by atoms with Gasteiger partial charge in [0.05, 0.1) is 12.3 Å². The van der Waals surface area contributed by atoms with Crippen LogP contribution in [0, 0.1) is 12.8 Å². The quantitative estimate of drug-likeness (QED) is 0.839. The van der Waals surface area contributed by atoms with E-state index in [0.29, 0.717) is 29.7 Å². The first-order valence-electron chi connectivity index (χ1n) is 7.76. The van der Waals surface area contributed by atoms with Crippen molar-refractivity contribution in [2.75, 3.05) is 18.5 Å². The molecule has 4 nitrogen and oxygen atoms in total. The monoisotopic (exact) mass is 313 g/mol. The minimum absolute atomic E-state index is 0.0383. The Kier molecular flexibility index (Phi) is 6.03. The fourth-order valence-electron chi connectivity index (χ4n) is 2.00. The van der Waals surface area contributed by atoms with Gasteiger partial charge in [-0.15, -0.1) is 0 Å². The van der Waals surface area contributed by atoms with Crippen LogP contribution in [0.25, 0.3) is 0 Å². The lowest BCUT2D eigenvalue weighted by molar-refractivity contribution is -0.118. The zero-order valence-electron chi connectivity index (χ0n) is 13.8. The summed E-state index contributed by atoms with van der Waals surface area (Å²) in [4.78, 5) is 12.1. The van der Waals surface area contributed by atoms with E-state index in [0.717, 1.165) is 5.56 Å². The van der Waals surface area contributed by atoms with Gasteiger partial charge in [0.15, 0.2) is 6.61 Å². The average molecular weight is 313 g/mol. The standard InChI is InChI=1S/C19H23NO3/c1-14(2)12-22-18-11-7-5-9-16(18)20-19(21)13-23-17-10-6-4-8-15(17)3/h4-11,14H,12-13H2,1-3H3,(H,20,21). The van der Waals surface area contributed by atoms with E-state index in [4.69, 9.17) is 9.47 Å². The molecule has 0 aliphatic carbocycles. The van der Waals surface area contributed by atoms with Crippen molar-refractivity contribution in [1.82, 2.24) is 0 Å². The fourth-order valence-corrected chi connectivity index (χ4v) is 2.00. The molecule has 0 aliphatic rings. The molecule has 0 bridgehead atoms. The van der Waals surface area contributed by atoms with E-state index >= 15 is 0 Å². The lowest BCUT2D eigenvalue weighted by Crippen LogP contribution is -2.21. The van der Waals surface area contributed by atoms with Crippen molar-refractivity contribution in [1.29, 1.82) is 0 Å². The molecule has 0 atom stereocenters. The third-order valence-electron chi connectivity index (χ3n) is 3.19. The largest absolute Gasteiger partial charge is 0.491 e. The van der Waals surface area contributed by atoms with Crippen molar-refractivity contribution in [2.24, 2.45) is 5.92 Å². The highest BCUT2D eigenvalue weighted by Gasteiger charge is 2.09. The first-order valence-corrected chi connectivity index (χ1v) is 7.76. The highest BCUT2D eigenvalue weighted by Crippen LogP contribution is 2.24. The van der Waals surface area contributed by atoms with Gasteiger partial charge in [0, 0.05) is 0 Å². The second-order valence-corrected chi connectivity index (χ2v) is 5.80. The summed E-state index contributed by atoms with van der Waals surface area (Å²) in [5.74, 6) is 1.59. The fraction of sp³-hybridized carbons (Fsp3) is 0.316. The molecule has 122 valence electrons. The van der Waals surface area contributed by atoms with Gasteiger partial charge >= 0.3 is 0 Å². The smallest absolute Gasteiger partial charge is 0.262 e. The van der Waals surface area contributed by atoms with Gasteiger partial charge in [-0.3, -0.25) is 4.79 Å². The second kappa shape index (κ2) is 8.22. The molecule has 0 radical (unpaired) electrons.